The van der Waals surface area contributed by atoms with Crippen LogP contribution in [0.1, 0.15) is 17.1 Å². The van der Waals surface area contributed by atoms with Crippen molar-refractivity contribution >= 4 is 34.9 Å². The summed E-state index contributed by atoms with van der Waals surface area (Å²) in [4.78, 5) is 33.1. The van der Waals surface area contributed by atoms with Crippen LogP contribution in [-0.4, -0.2) is 30.3 Å². The number of halogens is 2. The fraction of sp³-hybridized carbons (Fsp3) is 0.211. The lowest BCUT2D eigenvalue weighted by Gasteiger charge is -2.23. The first-order valence-electron chi connectivity index (χ1n) is 8.63. The average Bonchev–Trinajstić information content (AvgIpc) is 3.06. The minimum atomic E-state index is -0.588. The van der Waals surface area contributed by atoms with Gasteiger partial charge in [-0.25, -0.2) is 0 Å². The molecule has 10 heteroatoms. The number of hydrogen-bond acceptors (Lipinski definition) is 5. The van der Waals surface area contributed by atoms with Gasteiger partial charge in [-0.05, 0) is 39.7 Å². The third-order valence-electron chi connectivity index (χ3n) is 4.25. The van der Waals surface area contributed by atoms with Gasteiger partial charge >= 0.3 is 5.82 Å². The molecule has 0 aliphatic carbocycles. The Hall–Kier alpha value is -2.97. The molecule has 2 heterocycles. The fourth-order valence-electron chi connectivity index (χ4n) is 2.76. The lowest BCUT2D eigenvalue weighted by Crippen LogP contribution is -2.33. The molecule has 0 aliphatic heterocycles. The second kappa shape index (κ2) is 9.02. The molecule has 150 valence electrons. The van der Waals surface area contributed by atoms with Crippen molar-refractivity contribution < 1.29 is 9.72 Å². The monoisotopic (exact) mass is 433 g/mol. The average molecular weight is 434 g/mol. The van der Waals surface area contributed by atoms with E-state index < -0.39 is 4.92 Å². The van der Waals surface area contributed by atoms with E-state index in [-0.39, 0.29) is 31.4 Å². The Bertz CT molecular complexity index is 1040. The van der Waals surface area contributed by atoms with Gasteiger partial charge in [0, 0.05) is 19.7 Å². The number of rotatable bonds is 7. The van der Waals surface area contributed by atoms with Crippen LogP contribution in [0.2, 0.25) is 10.0 Å². The maximum Gasteiger partial charge on any atom is 0.381 e. The maximum atomic E-state index is 13.0. The van der Waals surface area contributed by atoms with Gasteiger partial charge in [-0.2, -0.15) is 0 Å². The van der Waals surface area contributed by atoms with Gasteiger partial charge in [-0.15, -0.1) is 0 Å². The lowest BCUT2D eigenvalue weighted by molar-refractivity contribution is -0.389. The van der Waals surface area contributed by atoms with Crippen molar-refractivity contribution in [1.82, 2.24) is 19.4 Å². The molecule has 8 nitrogen and oxygen atoms in total. The second-order valence-corrected chi connectivity index (χ2v) is 7.17. The van der Waals surface area contributed by atoms with E-state index >= 15 is 0 Å². The largest absolute Gasteiger partial charge is 0.381 e. The molecule has 0 saturated heterocycles. The molecule has 0 saturated carbocycles. The molecule has 3 aromatic rings. The lowest BCUT2D eigenvalue weighted by atomic mass is 10.2. The summed E-state index contributed by atoms with van der Waals surface area (Å²) >= 11 is 12.1. The van der Waals surface area contributed by atoms with Crippen LogP contribution in [0.15, 0.2) is 48.8 Å². The van der Waals surface area contributed by atoms with Crippen molar-refractivity contribution in [3.8, 4) is 0 Å². The topological polar surface area (TPSA) is 94.2 Å². The quantitative estimate of drug-likeness (QED) is 0.414. The summed E-state index contributed by atoms with van der Waals surface area (Å²) in [7, 11) is 0. The van der Waals surface area contributed by atoms with Gasteiger partial charge in [0.2, 0.25) is 11.7 Å². The number of imidazole rings is 1. The summed E-state index contributed by atoms with van der Waals surface area (Å²) in [5.74, 6) is -0.148. The predicted octanol–water partition coefficient (Wildman–Crippen LogP) is 4.03. The van der Waals surface area contributed by atoms with Gasteiger partial charge in [0.25, 0.3) is 0 Å². The van der Waals surface area contributed by atoms with Gasteiger partial charge < -0.3 is 15.0 Å². The normalized spacial score (nSPS) is 10.7. The number of aromatic nitrogens is 3. The SMILES string of the molecule is Cc1nc([N+](=O)[O-])cn1CC(=O)N(Cc1ccc(Cl)c(Cl)c1)Cc1ccccn1. The molecular formula is C19H17Cl2N5O3. The number of carbonyl (C=O) groups excluding carboxylic acids is 1. The molecule has 29 heavy (non-hydrogen) atoms. The molecule has 2 aromatic heterocycles. The van der Waals surface area contributed by atoms with Crippen LogP contribution in [0.25, 0.3) is 0 Å². The maximum absolute atomic E-state index is 13.0. The van der Waals surface area contributed by atoms with Crippen LogP contribution >= 0.6 is 23.2 Å². The zero-order chi connectivity index (χ0) is 21.0. The van der Waals surface area contributed by atoms with Crippen LogP contribution in [0.3, 0.4) is 0 Å². The molecule has 3 rings (SSSR count). The number of benzene rings is 1. The number of nitro groups is 1. The summed E-state index contributed by atoms with van der Waals surface area (Å²) in [5, 5.41) is 11.8. The highest BCUT2D eigenvalue weighted by Crippen LogP contribution is 2.24. The van der Waals surface area contributed by atoms with Gasteiger partial charge in [-0.1, -0.05) is 35.3 Å². The Kier molecular flexibility index (Phi) is 6.46. The molecule has 1 amide bonds. The van der Waals surface area contributed by atoms with Crippen LogP contribution in [-0.2, 0) is 24.4 Å². The summed E-state index contributed by atoms with van der Waals surface area (Å²) in [6.07, 6.45) is 2.91. The van der Waals surface area contributed by atoms with Crippen molar-refractivity contribution in [1.29, 1.82) is 0 Å². The summed E-state index contributed by atoms with van der Waals surface area (Å²) in [6, 6.07) is 10.6. The van der Waals surface area contributed by atoms with Crippen LogP contribution in [0, 0.1) is 17.0 Å². The molecule has 0 radical (unpaired) electrons. The van der Waals surface area contributed by atoms with E-state index in [1.807, 2.05) is 12.1 Å². The van der Waals surface area contributed by atoms with Crippen molar-refractivity contribution in [2.75, 3.05) is 0 Å². The molecule has 0 fully saturated rings. The van der Waals surface area contributed by atoms with E-state index in [0.717, 1.165) is 5.56 Å². The van der Waals surface area contributed by atoms with Crippen LogP contribution < -0.4 is 0 Å². The Morgan fingerprint density at radius 3 is 2.62 bits per heavy atom. The predicted molar refractivity (Wildman–Crippen MR) is 109 cm³/mol. The van der Waals surface area contributed by atoms with Crippen LogP contribution in [0.4, 0.5) is 5.82 Å². The first-order valence-corrected chi connectivity index (χ1v) is 9.39. The van der Waals surface area contributed by atoms with Gasteiger partial charge in [0.05, 0.1) is 22.3 Å². The van der Waals surface area contributed by atoms with Crippen molar-refractivity contribution in [3.05, 3.63) is 86.0 Å². The summed E-state index contributed by atoms with van der Waals surface area (Å²) in [5.41, 5.74) is 1.52. The number of amides is 1. The van der Waals surface area contributed by atoms with Crippen LogP contribution in [0.5, 0.6) is 0 Å². The molecule has 0 atom stereocenters. The Morgan fingerprint density at radius 2 is 2.00 bits per heavy atom. The Morgan fingerprint density at radius 1 is 1.21 bits per heavy atom. The summed E-state index contributed by atoms with van der Waals surface area (Å²) < 4.78 is 1.46. The van der Waals surface area contributed by atoms with E-state index in [1.54, 1.807) is 42.3 Å². The van der Waals surface area contributed by atoms with E-state index in [4.69, 9.17) is 23.2 Å². The highest BCUT2D eigenvalue weighted by Gasteiger charge is 2.21. The fourth-order valence-corrected chi connectivity index (χ4v) is 3.08. The van der Waals surface area contributed by atoms with E-state index in [0.29, 0.717) is 21.6 Å². The van der Waals surface area contributed by atoms with Crippen molar-refractivity contribution in [2.45, 2.75) is 26.6 Å². The van der Waals surface area contributed by atoms with Gasteiger partial charge in [-0.3, -0.25) is 14.3 Å². The van der Waals surface area contributed by atoms with E-state index in [2.05, 4.69) is 9.97 Å². The van der Waals surface area contributed by atoms with Gasteiger partial charge in [0.1, 0.15) is 12.7 Å². The smallest absolute Gasteiger partial charge is 0.358 e. The third-order valence-corrected chi connectivity index (χ3v) is 4.98. The number of carbonyl (C=O) groups is 1. The van der Waals surface area contributed by atoms with E-state index in [9.17, 15) is 14.9 Å². The van der Waals surface area contributed by atoms with Crippen molar-refractivity contribution in [3.63, 3.8) is 0 Å². The Labute approximate surface area is 176 Å². The number of pyridine rings is 1. The highest BCUT2D eigenvalue weighted by molar-refractivity contribution is 6.42. The number of nitrogens with zero attached hydrogens (tertiary/aromatic N) is 5. The summed E-state index contributed by atoms with van der Waals surface area (Å²) in [6.45, 7) is 2.08. The van der Waals surface area contributed by atoms with E-state index in [1.165, 1.54) is 10.8 Å². The minimum Gasteiger partial charge on any atom is -0.358 e. The number of aryl methyl sites for hydroxylation is 1. The molecular weight excluding hydrogens is 417 g/mol. The third kappa shape index (κ3) is 5.30. The standard InChI is InChI=1S/C19H17Cl2N5O3/c1-13-23-18(26(28)29)11-24(13)12-19(27)25(10-15-4-2-3-7-22-15)9-14-5-6-16(20)17(21)8-14/h2-8,11H,9-10,12H2,1H3. The molecule has 0 aliphatic rings. The highest BCUT2D eigenvalue weighted by atomic mass is 35.5. The minimum absolute atomic E-state index is 0.0825. The number of hydrogen-bond donors (Lipinski definition) is 0. The van der Waals surface area contributed by atoms with Crippen molar-refractivity contribution in [2.24, 2.45) is 0 Å². The molecule has 0 bridgehead atoms. The molecule has 1 aromatic carbocycles. The van der Waals surface area contributed by atoms with Gasteiger partial charge in [0.15, 0.2) is 0 Å². The Balaban J connectivity index is 1.84. The zero-order valence-corrected chi connectivity index (χ0v) is 17.0. The molecule has 0 N–H and O–H groups in total. The first kappa shape index (κ1) is 20.8. The second-order valence-electron chi connectivity index (χ2n) is 6.35. The zero-order valence-electron chi connectivity index (χ0n) is 15.5. The first-order chi connectivity index (χ1) is 13.8. The molecule has 0 unspecified atom stereocenters. The molecule has 0 spiro atoms.